The summed E-state index contributed by atoms with van der Waals surface area (Å²) in [6.45, 7) is 4.58. The fourth-order valence-corrected chi connectivity index (χ4v) is 3.24. The summed E-state index contributed by atoms with van der Waals surface area (Å²) in [6, 6.07) is 24.1. The van der Waals surface area contributed by atoms with Crippen molar-refractivity contribution < 1.29 is 19.1 Å². The molecular formula is C27H29N3O4S. The van der Waals surface area contributed by atoms with Gasteiger partial charge in [0.25, 0.3) is 11.8 Å². The molecule has 3 N–H and O–H groups in total. The standard InChI is InChI=1S/C27H29N3O4S/c1-19(2)15-16-33-22-12-8-11-21(17-22)26(32)28-27(35)30-29-25(31)18-34-24-14-7-6-13-23(24)20-9-4-3-5-10-20/h3-14,17,19H,15-16,18H2,1-2H3,(H,29,31)(H2,28,30,32,35). The van der Waals surface area contributed by atoms with Gasteiger partial charge < -0.3 is 9.47 Å². The topological polar surface area (TPSA) is 88.7 Å². The minimum absolute atomic E-state index is 0.0424. The lowest BCUT2D eigenvalue weighted by Crippen LogP contribution is -2.49. The Labute approximate surface area is 210 Å². The number of hydrogen-bond donors (Lipinski definition) is 3. The fraction of sp³-hybridized carbons (Fsp3) is 0.222. The molecule has 0 saturated heterocycles. The van der Waals surface area contributed by atoms with Gasteiger partial charge in [0, 0.05) is 11.1 Å². The van der Waals surface area contributed by atoms with Crippen LogP contribution in [0, 0.1) is 5.92 Å². The Morgan fingerprint density at radius 1 is 0.886 bits per heavy atom. The summed E-state index contributed by atoms with van der Waals surface area (Å²) in [5, 5.41) is 2.49. The predicted octanol–water partition coefficient (Wildman–Crippen LogP) is 4.49. The Balaban J connectivity index is 1.45. The first-order valence-electron chi connectivity index (χ1n) is 11.3. The van der Waals surface area contributed by atoms with Gasteiger partial charge in [0.05, 0.1) is 6.61 Å². The number of carbonyl (C=O) groups excluding carboxylic acids is 2. The van der Waals surface area contributed by atoms with Crippen molar-refractivity contribution >= 4 is 29.1 Å². The van der Waals surface area contributed by atoms with E-state index in [1.165, 1.54) is 0 Å². The number of hydrazine groups is 1. The zero-order valence-electron chi connectivity index (χ0n) is 19.7. The number of benzene rings is 3. The summed E-state index contributed by atoms with van der Waals surface area (Å²) in [7, 11) is 0. The molecule has 0 aliphatic carbocycles. The van der Waals surface area contributed by atoms with Crippen LogP contribution in [0.15, 0.2) is 78.9 Å². The second-order valence-electron chi connectivity index (χ2n) is 8.17. The van der Waals surface area contributed by atoms with Crippen LogP contribution in [0.2, 0.25) is 0 Å². The normalized spacial score (nSPS) is 10.4. The van der Waals surface area contributed by atoms with Gasteiger partial charge in [-0.05, 0) is 54.4 Å². The van der Waals surface area contributed by atoms with Crippen molar-refractivity contribution in [2.45, 2.75) is 20.3 Å². The molecule has 8 heteroatoms. The quantitative estimate of drug-likeness (QED) is 0.302. The number of para-hydroxylation sites is 1. The summed E-state index contributed by atoms with van der Waals surface area (Å²) in [6.07, 6.45) is 0.922. The van der Waals surface area contributed by atoms with Crippen LogP contribution < -0.4 is 25.6 Å². The molecule has 0 radical (unpaired) electrons. The maximum absolute atomic E-state index is 12.5. The predicted molar refractivity (Wildman–Crippen MR) is 140 cm³/mol. The van der Waals surface area contributed by atoms with E-state index in [1.54, 1.807) is 30.3 Å². The zero-order chi connectivity index (χ0) is 25.0. The first-order valence-corrected chi connectivity index (χ1v) is 11.7. The largest absolute Gasteiger partial charge is 0.494 e. The van der Waals surface area contributed by atoms with Crippen molar-refractivity contribution in [3.63, 3.8) is 0 Å². The minimum Gasteiger partial charge on any atom is -0.494 e. The molecule has 2 amide bonds. The maximum Gasteiger partial charge on any atom is 0.276 e. The van der Waals surface area contributed by atoms with E-state index in [1.807, 2.05) is 48.5 Å². The van der Waals surface area contributed by atoms with Gasteiger partial charge in [-0.15, -0.1) is 0 Å². The molecule has 0 aliphatic rings. The van der Waals surface area contributed by atoms with Crippen LogP contribution in [0.1, 0.15) is 30.6 Å². The van der Waals surface area contributed by atoms with Crippen molar-refractivity contribution in [1.82, 2.24) is 16.2 Å². The molecule has 0 heterocycles. The van der Waals surface area contributed by atoms with Gasteiger partial charge >= 0.3 is 0 Å². The highest BCUT2D eigenvalue weighted by Gasteiger charge is 2.11. The minimum atomic E-state index is -0.454. The summed E-state index contributed by atoms with van der Waals surface area (Å²) < 4.78 is 11.4. The lowest BCUT2D eigenvalue weighted by molar-refractivity contribution is -0.123. The molecule has 0 bridgehead atoms. The first kappa shape index (κ1) is 25.7. The van der Waals surface area contributed by atoms with Gasteiger partial charge in [0.1, 0.15) is 11.5 Å². The Morgan fingerprint density at radius 3 is 2.40 bits per heavy atom. The molecule has 0 unspecified atom stereocenters. The Bertz CT molecular complexity index is 1150. The highest BCUT2D eigenvalue weighted by molar-refractivity contribution is 7.80. The van der Waals surface area contributed by atoms with Crippen molar-refractivity contribution in [3.8, 4) is 22.6 Å². The van der Waals surface area contributed by atoms with E-state index in [-0.39, 0.29) is 11.7 Å². The van der Waals surface area contributed by atoms with Gasteiger partial charge in [-0.25, -0.2) is 0 Å². The summed E-state index contributed by atoms with van der Waals surface area (Å²) in [5.41, 5.74) is 7.20. The Kier molecular flexibility index (Phi) is 9.62. The number of amides is 2. The van der Waals surface area contributed by atoms with E-state index in [4.69, 9.17) is 21.7 Å². The van der Waals surface area contributed by atoms with Crippen LogP contribution in [0.5, 0.6) is 11.5 Å². The van der Waals surface area contributed by atoms with Crippen LogP contribution in [0.3, 0.4) is 0 Å². The summed E-state index contributed by atoms with van der Waals surface area (Å²) in [5.74, 6) is 0.854. The van der Waals surface area contributed by atoms with Gasteiger partial charge in [-0.2, -0.15) is 0 Å². The van der Waals surface area contributed by atoms with Gasteiger partial charge in [-0.1, -0.05) is 68.4 Å². The second kappa shape index (κ2) is 13.1. The lowest BCUT2D eigenvalue weighted by atomic mass is 10.1. The third kappa shape index (κ3) is 8.42. The SMILES string of the molecule is CC(C)CCOc1cccc(C(=O)NC(=S)NNC(=O)COc2ccccc2-c2ccccc2)c1. The van der Waals surface area contributed by atoms with Crippen molar-refractivity contribution in [1.29, 1.82) is 0 Å². The van der Waals surface area contributed by atoms with Crippen molar-refractivity contribution in [2.24, 2.45) is 5.92 Å². The molecule has 0 spiro atoms. The van der Waals surface area contributed by atoms with Crippen LogP contribution in [-0.2, 0) is 4.79 Å². The van der Waals surface area contributed by atoms with E-state index < -0.39 is 11.8 Å². The molecule has 0 saturated carbocycles. The van der Waals surface area contributed by atoms with Crippen molar-refractivity contribution in [2.75, 3.05) is 13.2 Å². The maximum atomic E-state index is 12.5. The smallest absolute Gasteiger partial charge is 0.276 e. The number of nitrogens with one attached hydrogen (secondary N) is 3. The molecule has 0 aromatic heterocycles. The van der Waals surface area contributed by atoms with E-state index in [0.717, 1.165) is 17.5 Å². The Morgan fingerprint density at radius 2 is 1.63 bits per heavy atom. The first-order chi connectivity index (χ1) is 16.9. The average molecular weight is 492 g/mol. The number of thiocarbonyl (C=S) groups is 1. The van der Waals surface area contributed by atoms with E-state index in [9.17, 15) is 9.59 Å². The van der Waals surface area contributed by atoms with E-state index >= 15 is 0 Å². The van der Waals surface area contributed by atoms with Crippen LogP contribution >= 0.6 is 12.2 Å². The zero-order valence-corrected chi connectivity index (χ0v) is 20.6. The molecule has 3 aromatic carbocycles. The van der Waals surface area contributed by atoms with Crippen LogP contribution in [-0.4, -0.2) is 30.1 Å². The third-order valence-corrected chi connectivity index (χ3v) is 5.14. The molecule has 0 atom stereocenters. The number of carbonyl (C=O) groups is 2. The molecule has 3 rings (SSSR count). The second-order valence-corrected chi connectivity index (χ2v) is 8.57. The van der Waals surface area contributed by atoms with Gasteiger partial charge in [0.15, 0.2) is 11.7 Å². The highest BCUT2D eigenvalue weighted by atomic mass is 32.1. The van der Waals surface area contributed by atoms with E-state index in [0.29, 0.717) is 29.6 Å². The number of hydrogen-bond acceptors (Lipinski definition) is 5. The number of ether oxygens (including phenoxy) is 2. The molecule has 0 aliphatic heterocycles. The molecule has 182 valence electrons. The lowest BCUT2D eigenvalue weighted by Gasteiger charge is -2.13. The van der Waals surface area contributed by atoms with E-state index in [2.05, 4.69) is 30.0 Å². The average Bonchev–Trinajstić information content (AvgIpc) is 2.87. The number of rotatable bonds is 9. The van der Waals surface area contributed by atoms with Crippen LogP contribution in [0.4, 0.5) is 0 Å². The molecule has 35 heavy (non-hydrogen) atoms. The van der Waals surface area contributed by atoms with Gasteiger partial charge in [-0.3, -0.25) is 25.8 Å². The molecule has 3 aromatic rings. The fourth-order valence-electron chi connectivity index (χ4n) is 3.10. The molecular weight excluding hydrogens is 462 g/mol. The summed E-state index contributed by atoms with van der Waals surface area (Å²) >= 11 is 5.11. The van der Waals surface area contributed by atoms with Crippen LogP contribution in [0.25, 0.3) is 11.1 Å². The molecule has 7 nitrogen and oxygen atoms in total. The monoisotopic (exact) mass is 491 g/mol. The van der Waals surface area contributed by atoms with Crippen molar-refractivity contribution in [3.05, 3.63) is 84.4 Å². The van der Waals surface area contributed by atoms with Gasteiger partial charge in [0.2, 0.25) is 0 Å². The Hall–Kier alpha value is -3.91. The highest BCUT2D eigenvalue weighted by Crippen LogP contribution is 2.29. The third-order valence-electron chi connectivity index (χ3n) is 4.93. The summed E-state index contributed by atoms with van der Waals surface area (Å²) in [4.78, 5) is 24.7. The molecule has 0 fully saturated rings.